The van der Waals surface area contributed by atoms with E-state index in [0.29, 0.717) is 11.4 Å². The molecule has 0 saturated carbocycles. The average Bonchev–Trinajstić information content (AvgIpc) is 3.44. The molecule has 0 fully saturated rings. The van der Waals surface area contributed by atoms with Crippen molar-refractivity contribution in [2.75, 3.05) is 7.11 Å². The molecule has 5 N–H and O–H groups in total. The van der Waals surface area contributed by atoms with Crippen LogP contribution in [0.1, 0.15) is 15.9 Å². The molecule has 2 aromatic heterocycles. The van der Waals surface area contributed by atoms with Gasteiger partial charge < -0.3 is 39.5 Å². The zero-order valence-corrected chi connectivity index (χ0v) is 23.0. The number of nitrogens with two attached hydrogens (primary N) is 1. The maximum absolute atomic E-state index is 15.9. The van der Waals surface area contributed by atoms with Crippen LogP contribution in [0, 0.1) is 17.0 Å². The van der Waals surface area contributed by atoms with Crippen LogP contribution in [0.15, 0.2) is 73.1 Å². The van der Waals surface area contributed by atoms with E-state index in [9.17, 15) is 15.0 Å². The van der Waals surface area contributed by atoms with Crippen molar-refractivity contribution in [2.45, 2.75) is 0 Å². The summed E-state index contributed by atoms with van der Waals surface area (Å²) in [4.78, 5) is 19.7. The molecule has 0 saturated heterocycles. The van der Waals surface area contributed by atoms with Crippen LogP contribution in [-0.2, 0) is 7.05 Å². The molecule has 0 aliphatic heterocycles. The summed E-state index contributed by atoms with van der Waals surface area (Å²) in [5, 5.41) is 27.4. The van der Waals surface area contributed by atoms with Gasteiger partial charge in [-0.25, -0.2) is 9.78 Å². The predicted octanol–water partition coefficient (Wildman–Crippen LogP) is 5.83. The van der Waals surface area contributed by atoms with Crippen LogP contribution in [0.4, 0.5) is 8.78 Å². The predicted molar refractivity (Wildman–Crippen MR) is 152 cm³/mol. The summed E-state index contributed by atoms with van der Waals surface area (Å²) in [6.45, 7) is 0. The number of hydrogen-bond acceptors (Lipinski definition) is 9. The first kappa shape index (κ1) is 29.3. The second kappa shape index (κ2) is 12.0. The number of phenols is 1. The number of carboxylic acid groups (broad SMARTS) is 1. The molecule has 14 heteroatoms. The van der Waals surface area contributed by atoms with Crippen LogP contribution < -0.4 is 24.7 Å². The highest BCUT2D eigenvalue weighted by atomic mass is 19.1. The molecule has 2 heterocycles. The maximum atomic E-state index is 15.9. The molecule has 0 aliphatic rings. The van der Waals surface area contributed by atoms with E-state index in [0.717, 1.165) is 18.2 Å². The number of imidazole rings is 1. The number of aromatic hydroxyl groups is 1. The lowest BCUT2D eigenvalue weighted by Gasteiger charge is -2.16. The topological polar surface area (TPSA) is 175 Å². The molecule has 0 radical (unpaired) electrons. The fraction of sp³-hybridized carbons (Fsp3) is 0.0667. The van der Waals surface area contributed by atoms with Crippen molar-refractivity contribution in [2.24, 2.45) is 12.8 Å². The van der Waals surface area contributed by atoms with Crippen molar-refractivity contribution in [3.05, 3.63) is 95.8 Å². The molecule has 0 spiro atoms. The molecule has 0 atom stereocenters. The minimum Gasteiger partial charge on any atom is -0.504 e. The first-order chi connectivity index (χ1) is 21.0. The van der Waals surface area contributed by atoms with Gasteiger partial charge in [-0.3, -0.25) is 5.41 Å². The first-order valence-electron chi connectivity index (χ1n) is 12.6. The van der Waals surface area contributed by atoms with Gasteiger partial charge in [-0.2, -0.15) is 13.8 Å². The number of nitrogen functional groups attached to an aromatic ring is 1. The van der Waals surface area contributed by atoms with Crippen LogP contribution >= 0.6 is 0 Å². The van der Waals surface area contributed by atoms with Crippen LogP contribution in [-0.4, -0.2) is 43.7 Å². The van der Waals surface area contributed by atoms with Gasteiger partial charge in [0, 0.05) is 30.6 Å². The van der Waals surface area contributed by atoms with E-state index >= 15 is 8.78 Å². The van der Waals surface area contributed by atoms with Gasteiger partial charge in [0.15, 0.2) is 23.0 Å². The van der Waals surface area contributed by atoms with E-state index in [2.05, 4.69) is 9.97 Å². The Morgan fingerprint density at radius 2 is 1.64 bits per heavy atom. The lowest BCUT2D eigenvalue weighted by molar-refractivity contribution is 0.0696. The molecule has 0 bridgehead atoms. The van der Waals surface area contributed by atoms with Crippen LogP contribution in [0.2, 0.25) is 0 Å². The Bertz CT molecular complexity index is 1910. The number of pyridine rings is 1. The van der Waals surface area contributed by atoms with Gasteiger partial charge in [-0.15, -0.1) is 0 Å². The number of carboxylic acids is 1. The number of carbonyl (C=O) groups is 1. The second-order valence-electron chi connectivity index (χ2n) is 9.14. The molecule has 0 unspecified atom stereocenters. The molecule has 5 aromatic rings. The Morgan fingerprint density at radius 1 is 0.932 bits per heavy atom. The van der Waals surface area contributed by atoms with Crippen molar-refractivity contribution < 1.29 is 42.7 Å². The minimum atomic E-state index is -1.47. The molecule has 3 aromatic carbocycles. The van der Waals surface area contributed by atoms with Gasteiger partial charge in [-0.05, 0) is 48.5 Å². The number of methoxy groups -OCH3 is 1. The van der Waals surface area contributed by atoms with Gasteiger partial charge in [0.2, 0.25) is 17.4 Å². The summed E-state index contributed by atoms with van der Waals surface area (Å²) in [5.74, 6) is -7.85. The SMILES string of the molecule is COc1ccc(C(=O)O)cc1Oc1c(F)c(Oc2cccc(-c3nccn3C)c2)nc(Oc2cc(C(=N)N)ccc2O)c1F. The largest absolute Gasteiger partial charge is 0.504 e. The number of benzene rings is 3. The quantitative estimate of drug-likeness (QED) is 0.112. The van der Waals surface area contributed by atoms with E-state index in [1.165, 1.54) is 31.4 Å². The number of ether oxygens (including phenoxy) is 4. The summed E-state index contributed by atoms with van der Waals surface area (Å²) >= 11 is 0. The Balaban J connectivity index is 1.63. The summed E-state index contributed by atoms with van der Waals surface area (Å²) in [6.07, 6.45) is 3.34. The Kier molecular flexibility index (Phi) is 7.98. The van der Waals surface area contributed by atoms with Gasteiger partial charge in [0.05, 0.1) is 12.7 Å². The standard InChI is InChI=1S/C30H23F2N5O7/c1-37-11-10-35-27(37)16-4-3-5-18(12-16)42-28-23(31)25(43-22-14-17(30(39)40)7-9-20(22)41-2)24(32)29(36-28)44-21-13-15(26(33)34)6-8-19(21)38/h3-14,38H,1-2H3,(H3,33,34)(H,39,40). The number of nitrogens with zero attached hydrogens (tertiary/aromatic N) is 3. The highest BCUT2D eigenvalue weighted by Crippen LogP contribution is 2.43. The van der Waals surface area contributed by atoms with E-state index in [1.807, 2.05) is 0 Å². The number of aromatic nitrogens is 3. The van der Waals surface area contributed by atoms with Crippen molar-refractivity contribution >= 4 is 11.8 Å². The van der Waals surface area contributed by atoms with Gasteiger partial charge in [0.1, 0.15) is 17.4 Å². The fourth-order valence-electron chi connectivity index (χ4n) is 4.03. The second-order valence-corrected chi connectivity index (χ2v) is 9.14. The fourth-order valence-corrected chi connectivity index (χ4v) is 4.03. The number of aryl methyl sites for hydroxylation is 1. The highest BCUT2D eigenvalue weighted by Gasteiger charge is 2.28. The molecule has 224 valence electrons. The van der Waals surface area contributed by atoms with Crippen molar-refractivity contribution in [3.63, 3.8) is 0 Å². The summed E-state index contributed by atoms with van der Waals surface area (Å²) in [5.41, 5.74) is 6.02. The third kappa shape index (κ3) is 5.90. The van der Waals surface area contributed by atoms with Crippen LogP contribution in [0.3, 0.4) is 0 Å². The number of hydrogen-bond donors (Lipinski definition) is 4. The maximum Gasteiger partial charge on any atom is 0.335 e. The number of rotatable bonds is 10. The lowest BCUT2D eigenvalue weighted by atomic mass is 10.2. The molecule has 0 amide bonds. The number of amidine groups is 1. The van der Waals surface area contributed by atoms with Crippen LogP contribution in [0.5, 0.6) is 46.3 Å². The number of aromatic carboxylic acids is 1. The minimum absolute atomic E-state index is 0.0369. The molecule has 0 aliphatic carbocycles. The Hall–Kier alpha value is -6.18. The van der Waals surface area contributed by atoms with Crippen molar-refractivity contribution in [3.8, 4) is 57.6 Å². The summed E-state index contributed by atoms with van der Waals surface area (Å²) in [6, 6.07) is 13.6. The third-order valence-electron chi connectivity index (χ3n) is 6.21. The Labute approximate surface area is 248 Å². The number of phenolic OH excluding ortho intramolecular Hbond substituents is 1. The molecular weight excluding hydrogens is 580 g/mol. The zero-order chi connectivity index (χ0) is 31.5. The van der Waals surface area contributed by atoms with Gasteiger partial charge in [-0.1, -0.05) is 12.1 Å². The van der Waals surface area contributed by atoms with Crippen molar-refractivity contribution in [1.82, 2.24) is 14.5 Å². The van der Waals surface area contributed by atoms with E-state index in [1.54, 1.807) is 42.2 Å². The molecule has 5 rings (SSSR count). The number of halogens is 2. The monoisotopic (exact) mass is 603 g/mol. The lowest BCUT2D eigenvalue weighted by Crippen LogP contribution is -2.11. The molecular formula is C30H23F2N5O7. The summed E-state index contributed by atoms with van der Waals surface area (Å²) in [7, 11) is 3.04. The molecule has 44 heavy (non-hydrogen) atoms. The van der Waals surface area contributed by atoms with Crippen molar-refractivity contribution in [1.29, 1.82) is 5.41 Å². The third-order valence-corrected chi connectivity index (χ3v) is 6.21. The first-order valence-corrected chi connectivity index (χ1v) is 12.6. The smallest absolute Gasteiger partial charge is 0.335 e. The number of nitrogens with one attached hydrogen (secondary N) is 1. The normalized spacial score (nSPS) is 10.7. The van der Waals surface area contributed by atoms with E-state index in [4.69, 9.17) is 30.1 Å². The highest BCUT2D eigenvalue weighted by molar-refractivity contribution is 5.95. The zero-order valence-electron chi connectivity index (χ0n) is 23.0. The molecule has 12 nitrogen and oxygen atoms in total. The Morgan fingerprint density at radius 3 is 2.30 bits per heavy atom. The van der Waals surface area contributed by atoms with Gasteiger partial charge in [0.25, 0.3) is 11.8 Å². The van der Waals surface area contributed by atoms with E-state index < -0.39 is 40.9 Å². The van der Waals surface area contributed by atoms with Gasteiger partial charge >= 0.3 is 5.97 Å². The average molecular weight is 604 g/mol. The summed E-state index contributed by atoms with van der Waals surface area (Å²) < 4.78 is 55.5. The van der Waals surface area contributed by atoms with Crippen LogP contribution in [0.25, 0.3) is 11.4 Å². The van der Waals surface area contributed by atoms with E-state index in [-0.39, 0.29) is 40.0 Å².